The molecule has 1 aromatic heterocycles. The summed E-state index contributed by atoms with van der Waals surface area (Å²) in [4.78, 5) is 15.8. The van der Waals surface area contributed by atoms with Crippen LogP contribution in [0.15, 0.2) is 41.8 Å². The molecule has 0 saturated heterocycles. The minimum Gasteiger partial charge on any atom is -0.366 e. The summed E-state index contributed by atoms with van der Waals surface area (Å²) in [6.07, 6.45) is 3.65. The first-order valence-corrected chi connectivity index (χ1v) is 8.93. The number of carbonyl (C=O) groups excluding carboxylic acids is 1. The zero-order chi connectivity index (χ0) is 20.5. The summed E-state index contributed by atoms with van der Waals surface area (Å²) < 4.78 is 42.3. The number of aromatic nitrogens is 1. The molecule has 1 fully saturated rings. The summed E-state index contributed by atoms with van der Waals surface area (Å²) in [6, 6.07) is -0.480. The van der Waals surface area contributed by atoms with Gasteiger partial charge in [-0.15, -0.1) is 0 Å². The monoisotopic (exact) mass is 396 g/mol. The number of alkyl halides is 2. The Kier molecular flexibility index (Phi) is 5.50. The highest BCUT2D eigenvalue weighted by atomic mass is 19.3. The standard InChI is InChI=1S/C18H23F3N6O/c1-9-5-10(8-24-7-9)25-16-11(15(23)28)6-12(19)17(27-16)26-13-3-2-4-18(20,21)14(13)22/h5-8,13-14,16,25-27H,2-4,22H2,1H3,(H2,23,28)/t13-,14-,16?/m1/s1. The molecule has 1 aliphatic carbocycles. The van der Waals surface area contributed by atoms with E-state index >= 15 is 0 Å². The Morgan fingerprint density at radius 1 is 1.36 bits per heavy atom. The van der Waals surface area contributed by atoms with Crippen molar-refractivity contribution in [1.29, 1.82) is 0 Å². The van der Waals surface area contributed by atoms with E-state index in [9.17, 15) is 18.0 Å². The van der Waals surface area contributed by atoms with Gasteiger partial charge in [-0.3, -0.25) is 9.78 Å². The van der Waals surface area contributed by atoms with Gasteiger partial charge in [-0.25, -0.2) is 13.2 Å². The molecule has 152 valence electrons. The Bertz CT molecular complexity index is 825. The molecule has 7 N–H and O–H groups in total. The van der Waals surface area contributed by atoms with E-state index in [2.05, 4.69) is 20.9 Å². The molecule has 0 aromatic carbocycles. The molecule has 1 aromatic rings. The molecule has 0 bridgehead atoms. The molecule has 3 atom stereocenters. The van der Waals surface area contributed by atoms with Crippen LogP contribution in [0.25, 0.3) is 0 Å². The second kappa shape index (κ2) is 7.70. The minimum absolute atomic E-state index is 0.0390. The number of hydrogen-bond acceptors (Lipinski definition) is 6. The fraction of sp³-hybridized carbons (Fsp3) is 0.444. The molecule has 2 aliphatic rings. The number of primary amides is 1. The van der Waals surface area contributed by atoms with Gasteiger partial charge in [-0.1, -0.05) is 0 Å². The number of halogens is 3. The zero-order valence-corrected chi connectivity index (χ0v) is 15.3. The average molecular weight is 396 g/mol. The maximum absolute atomic E-state index is 14.5. The van der Waals surface area contributed by atoms with E-state index in [-0.39, 0.29) is 24.2 Å². The second-order valence-corrected chi connectivity index (χ2v) is 7.09. The van der Waals surface area contributed by atoms with Crippen LogP contribution in [-0.2, 0) is 4.79 Å². The first-order chi connectivity index (χ1) is 13.2. The smallest absolute Gasteiger partial charge is 0.264 e. The second-order valence-electron chi connectivity index (χ2n) is 7.09. The molecular weight excluding hydrogens is 373 g/mol. The largest absolute Gasteiger partial charge is 0.366 e. The molecule has 1 unspecified atom stereocenters. The Balaban J connectivity index is 1.81. The van der Waals surface area contributed by atoms with Crippen LogP contribution in [0.5, 0.6) is 0 Å². The quantitative estimate of drug-likeness (QED) is 0.513. The molecule has 0 radical (unpaired) electrons. The summed E-state index contributed by atoms with van der Waals surface area (Å²) in [7, 11) is 0. The first kappa shape index (κ1) is 20.0. The SMILES string of the molecule is Cc1cncc(NC2NC(N[C@@H]3CCCC(F)(F)[C@@H]3N)=C(F)C=C2C(N)=O)c1. The lowest BCUT2D eigenvalue weighted by Gasteiger charge is -2.38. The Labute approximate surface area is 160 Å². The molecule has 3 rings (SSSR count). The van der Waals surface area contributed by atoms with Gasteiger partial charge >= 0.3 is 0 Å². The predicted molar refractivity (Wildman–Crippen MR) is 98.6 cm³/mol. The molecule has 10 heteroatoms. The first-order valence-electron chi connectivity index (χ1n) is 8.93. The zero-order valence-electron chi connectivity index (χ0n) is 15.3. The number of hydrogen-bond donors (Lipinski definition) is 5. The number of allylic oxidation sites excluding steroid dienone is 2. The van der Waals surface area contributed by atoms with Crippen LogP contribution >= 0.6 is 0 Å². The maximum atomic E-state index is 14.5. The molecule has 1 amide bonds. The van der Waals surface area contributed by atoms with Crippen molar-refractivity contribution in [2.45, 2.75) is 50.4 Å². The van der Waals surface area contributed by atoms with Crippen molar-refractivity contribution in [3.8, 4) is 0 Å². The number of carbonyl (C=O) groups is 1. The van der Waals surface area contributed by atoms with Crippen LogP contribution < -0.4 is 27.4 Å². The highest BCUT2D eigenvalue weighted by Gasteiger charge is 2.45. The number of pyridine rings is 1. The van der Waals surface area contributed by atoms with Crippen LogP contribution in [-0.4, -0.2) is 35.1 Å². The molecule has 1 saturated carbocycles. The minimum atomic E-state index is -3.03. The lowest BCUT2D eigenvalue weighted by Crippen LogP contribution is -2.59. The van der Waals surface area contributed by atoms with Crippen molar-refractivity contribution < 1.29 is 18.0 Å². The van der Waals surface area contributed by atoms with Crippen molar-refractivity contribution in [2.24, 2.45) is 11.5 Å². The molecule has 7 nitrogen and oxygen atoms in total. The predicted octanol–water partition coefficient (Wildman–Crippen LogP) is 1.39. The fourth-order valence-electron chi connectivity index (χ4n) is 3.37. The van der Waals surface area contributed by atoms with E-state index in [0.29, 0.717) is 12.1 Å². The molecule has 28 heavy (non-hydrogen) atoms. The number of nitrogens with two attached hydrogens (primary N) is 2. The van der Waals surface area contributed by atoms with Gasteiger partial charge in [-0.2, -0.15) is 0 Å². The van der Waals surface area contributed by atoms with Crippen LogP contribution in [0.3, 0.4) is 0 Å². The molecule has 1 aliphatic heterocycles. The maximum Gasteiger partial charge on any atom is 0.264 e. The van der Waals surface area contributed by atoms with Crippen LogP contribution in [0.2, 0.25) is 0 Å². The van der Waals surface area contributed by atoms with E-state index in [0.717, 1.165) is 11.6 Å². The van der Waals surface area contributed by atoms with Crippen molar-refractivity contribution in [2.75, 3.05) is 5.32 Å². The van der Waals surface area contributed by atoms with Crippen LogP contribution in [0.1, 0.15) is 24.8 Å². The van der Waals surface area contributed by atoms with Crippen molar-refractivity contribution >= 4 is 11.6 Å². The number of amides is 1. The van der Waals surface area contributed by atoms with E-state index in [1.165, 1.54) is 6.20 Å². The number of dihydropyridines is 1. The summed E-state index contributed by atoms with van der Waals surface area (Å²) in [6.45, 7) is 1.84. The van der Waals surface area contributed by atoms with Gasteiger partial charge in [0.2, 0.25) is 5.91 Å². The van der Waals surface area contributed by atoms with Gasteiger partial charge in [-0.05, 0) is 37.5 Å². The van der Waals surface area contributed by atoms with E-state index < -0.39 is 35.9 Å². The Hall–Kier alpha value is -2.75. The van der Waals surface area contributed by atoms with Gasteiger partial charge in [0.05, 0.1) is 23.5 Å². The van der Waals surface area contributed by atoms with Gasteiger partial charge < -0.3 is 27.4 Å². The van der Waals surface area contributed by atoms with Gasteiger partial charge in [0.15, 0.2) is 5.83 Å². The summed E-state index contributed by atoms with van der Waals surface area (Å²) >= 11 is 0. The third kappa shape index (κ3) is 4.22. The van der Waals surface area contributed by atoms with Crippen LogP contribution in [0.4, 0.5) is 18.9 Å². The number of anilines is 1. The van der Waals surface area contributed by atoms with Crippen molar-refractivity contribution in [1.82, 2.24) is 15.6 Å². The fourth-order valence-corrected chi connectivity index (χ4v) is 3.37. The lowest BCUT2D eigenvalue weighted by atomic mass is 9.87. The third-order valence-corrected chi connectivity index (χ3v) is 4.87. The normalized spacial score (nSPS) is 26.9. The van der Waals surface area contributed by atoms with E-state index in [4.69, 9.17) is 11.5 Å². The lowest BCUT2D eigenvalue weighted by molar-refractivity contribution is -0.114. The number of aryl methyl sites for hydroxylation is 1. The Morgan fingerprint density at radius 3 is 2.79 bits per heavy atom. The van der Waals surface area contributed by atoms with Gasteiger partial charge in [0.1, 0.15) is 12.0 Å². The van der Waals surface area contributed by atoms with Crippen molar-refractivity contribution in [3.05, 3.63) is 47.3 Å². The summed E-state index contributed by atoms with van der Waals surface area (Å²) in [5, 5.41) is 8.52. The van der Waals surface area contributed by atoms with E-state index in [1.807, 2.05) is 6.92 Å². The van der Waals surface area contributed by atoms with Gasteiger partial charge in [0.25, 0.3) is 5.92 Å². The topological polar surface area (TPSA) is 118 Å². The molecule has 0 spiro atoms. The highest BCUT2D eigenvalue weighted by molar-refractivity contribution is 5.94. The highest BCUT2D eigenvalue weighted by Crippen LogP contribution is 2.33. The summed E-state index contributed by atoms with van der Waals surface area (Å²) in [5.41, 5.74) is 12.4. The molecule has 2 heterocycles. The summed E-state index contributed by atoms with van der Waals surface area (Å²) in [5.74, 6) is -4.78. The third-order valence-electron chi connectivity index (χ3n) is 4.87. The number of rotatable bonds is 5. The Morgan fingerprint density at radius 2 is 2.11 bits per heavy atom. The molecular formula is C18H23F3N6O. The van der Waals surface area contributed by atoms with Gasteiger partial charge in [0, 0.05) is 18.7 Å². The average Bonchev–Trinajstić information content (AvgIpc) is 2.61. The number of nitrogens with one attached hydrogen (secondary N) is 3. The van der Waals surface area contributed by atoms with E-state index in [1.54, 1.807) is 12.3 Å². The number of nitrogens with zero attached hydrogens (tertiary/aromatic N) is 1. The van der Waals surface area contributed by atoms with Crippen LogP contribution in [0, 0.1) is 6.92 Å². The van der Waals surface area contributed by atoms with Crippen molar-refractivity contribution in [3.63, 3.8) is 0 Å².